The van der Waals surface area contributed by atoms with Crippen LogP contribution in [0.25, 0.3) is 0 Å². The Bertz CT molecular complexity index is 863. The lowest BCUT2D eigenvalue weighted by Crippen LogP contribution is -2.14. The lowest BCUT2D eigenvalue weighted by molar-refractivity contribution is 0.102. The molecule has 0 aliphatic rings. The van der Waals surface area contributed by atoms with Crippen LogP contribution < -0.4 is 10.6 Å². The summed E-state index contributed by atoms with van der Waals surface area (Å²) in [6, 6.07) is 13.5. The molecule has 1 heterocycles. The van der Waals surface area contributed by atoms with E-state index in [1.807, 2.05) is 31.2 Å². The molecule has 0 atom stereocenters. The van der Waals surface area contributed by atoms with Gasteiger partial charge in [-0.1, -0.05) is 25.1 Å². The van der Waals surface area contributed by atoms with Crippen LogP contribution in [0.4, 0.5) is 21.7 Å². The number of nitrogens with one attached hydrogen (secondary N) is 2. The number of benzene rings is 2. The summed E-state index contributed by atoms with van der Waals surface area (Å²) in [5, 5.41) is 5.82. The fourth-order valence-electron chi connectivity index (χ4n) is 2.32. The molecule has 0 radical (unpaired) electrons. The van der Waals surface area contributed by atoms with E-state index in [9.17, 15) is 9.18 Å². The number of rotatable bonds is 5. The van der Waals surface area contributed by atoms with E-state index in [0.717, 1.165) is 17.7 Å². The number of carbonyl (C=O) groups is 1. The molecule has 0 spiro atoms. The van der Waals surface area contributed by atoms with Crippen LogP contribution in [0, 0.1) is 5.82 Å². The minimum absolute atomic E-state index is 0.269. The van der Waals surface area contributed by atoms with Gasteiger partial charge in [-0.05, 0) is 42.3 Å². The second kappa shape index (κ2) is 7.53. The Morgan fingerprint density at radius 2 is 1.72 bits per heavy atom. The quantitative estimate of drug-likeness (QED) is 0.734. The van der Waals surface area contributed by atoms with E-state index in [-0.39, 0.29) is 11.7 Å². The van der Waals surface area contributed by atoms with Crippen molar-refractivity contribution in [3.63, 3.8) is 0 Å². The molecule has 25 heavy (non-hydrogen) atoms. The van der Waals surface area contributed by atoms with Crippen molar-refractivity contribution in [3.05, 3.63) is 77.9 Å². The van der Waals surface area contributed by atoms with Crippen LogP contribution in [0.1, 0.15) is 22.8 Å². The second-order valence-corrected chi connectivity index (χ2v) is 5.39. The van der Waals surface area contributed by atoms with Gasteiger partial charge in [0.2, 0.25) is 5.95 Å². The molecule has 0 aliphatic carbocycles. The molecule has 2 N–H and O–H groups in total. The van der Waals surface area contributed by atoms with E-state index in [2.05, 4.69) is 20.6 Å². The van der Waals surface area contributed by atoms with Crippen molar-refractivity contribution in [2.24, 2.45) is 0 Å². The van der Waals surface area contributed by atoms with Gasteiger partial charge in [-0.2, -0.15) is 0 Å². The summed E-state index contributed by atoms with van der Waals surface area (Å²) in [6.45, 7) is 2.03. The van der Waals surface area contributed by atoms with Crippen molar-refractivity contribution in [1.82, 2.24) is 9.97 Å². The standard InChI is InChI=1S/C19H17FN4O/c1-2-13-5-3-4-6-17(13)24-18(25)14-11-21-19(22-12-14)23-16-9-7-15(20)8-10-16/h3-12H,2H2,1H3,(H,24,25)(H,21,22,23). The van der Waals surface area contributed by atoms with Crippen LogP contribution in [0.3, 0.4) is 0 Å². The maximum atomic E-state index is 12.9. The van der Waals surface area contributed by atoms with Gasteiger partial charge in [0.25, 0.3) is 5.91 Å². The maximum Gasteiger partial charge on any atom is 0.258 e. The lowest BCUT2D eigenvalue weighted by Gasteiger charge is -2.10. The van der Waals surface area contributed by atoms with Crippen molar-refractivity contribution in [1.29, 1.82) is 0 Å². The minimum atomic E-state index is -0.314. The van der Waals surface area contributed by atoms with Gasteiger partial charge >= 0.3 is 0 Å². The number of para-hydroxylation sites is 1. The number of aromatic nitrogens is 2. The summed E-state index contributed by atoms with van der Waals surface area (Å²) in [5.74, 6) is -0.253. The third-order valence-electron chi connectivity index (χ3n) is 3.66. The number of amides is 1. The average Bonchev–Trinajstić information content (AvgIpc) is 2.64. The van der Waals surface area contributed by atoms with E-state index in [1.165, 1.54) is 24.5 Å². The zero-order valence-electron chi connectivity index (χ0n) is 13.7. The monoisotopic (exact) mass is 336 g/mol. The molecule has 0 saturated carbocycles. The van der Waals surface area contributed by atoms with Crippen molar-refractivity contribution in [2.75, 3.05) is 10.6 Å². The summed E-state index contributed by atoms with van der Waals surface area (Å²) in [7, 11) is 0. The van der Waals surface area contributed by atoms with Crippen LogP contribution in [-0.4, -0.2) is 15.9 Å². The Morgan fingerprint density at radius 1 is 1.04 bits per heavy atom. The largest absolute Gasteiger partial charge is 0.324 e. The van der Waals surface area contributed by atoms with Crippen LogP contribution in [0.2, 0.25) is 0 Å². The molecule has 3 aromatic rings. The molecular formula is C19H17FN4O. The fourth-order valence-corrected chi connectivity index (χ4v) is 2.32. The first kappa shape index (κ1) is 16.6. The highest BCUT2D eigenvalue weighted by Crippen LogP contribution is 2.17. The molecule has 1 amide bonds. The topological polar surface area (TPSA) is 66.9 Å². The van der Waals surface area contributed by atoms with E-state index >= 15 is 0 Å². The summed E-state index contributed by atoms with van der Waals surface area (Å²) in [4.78, 5) is 20.6. The number of hydrogen-bond donors (Lipinski definition) is 2. The Hall–Kier alpha value is -3.28. The van der Waals surface area contributed by atoms with Crippen molar-refractivity contribution < 1.29 is 9.18 Å². The van der Waals surface area contributed by atoms with Gasteiger partial charge in [0, 0.05) is 23.8 Å². The van der Waals surface area contributed by atoms with Gasteiger partial charge in [-0.25, -0.2) is 14.4 Å². The van der Waals surface area contributed by atoms with E-state index < -0.39 is 0 Å². The fraction of sp³-hybridized carbons (Fsp3) is 0.105. The van der Waals surface area contributed by atoms with E-state index in [4.69, 9.17) is 0 Å². The van der Waals surface area contributed by atoms with E-state index in [0.29, 0.717) is 17.2 Å². The number of halogens is 1. The lowest BCUT2D eigenvalue weighted by atomic mass is 10.1. The van der Waals surface area contributed by atoms with Crippen LogP contribution >= 0.6 is 0 Å². The average molecular weight is 336 g/mol. The molecule has 126 valence electrons. The second-order valence-electron chi connectivity index (χ2n) is 5.39. The number of aryl methyl sites for hydroxylation is 1. The SMILES string of the molecule is CCc1ccccc1NC(=O)c1cnc(Nc2ccc(F)cc2)nc1. The van der Waals surface area contributed by atoms with Crippen LogP contribution in [0.5, 0.6) is 0 Å². The highest BCUT2D eigenvalue weighted by Gasteiger charge is 2.09. The number of nitrogens with zero attached hydrogens (tertiary/aromatic N) is 2. The molecule has 3 rings (SSSR count). The number of anilines is 3. The Labute approximate surface area is 145 Å². The molecular weight excluding hydrogens is 319 g/mol. The predicted octanol–water partition coefficient (Wildman–Crippen LogP) is 4.17. The zero-order chi connectivity index (χ0) is 17.6. The van der Waals surface area contributed by atoms with Gasteiger partial charge in [-0.15, -0.1) is 0 Å². The predicted molar refractivity (Wildman–Crippen MR) is 95.5 cm³/mol. The molecule has 0 saturated heterocycles. The smallest absolute Gasteiger partial charge is 0.258 e. The summed E-state index contributed by atoms with van der Waals surface area (Å²) >= 11 is 0. The molecule has 0 bridgehead atoms. The minimum Gasteiger partial charge on any atom is -0.324 e. The Morgan fingerprint density at radius 3 is 2.40 bits per heavy atom. The highest BCUT2D eigenvalue weighted by molar-refractivity contribution is 6.04. The van der Waals surface area contributed by atoms with Gasteiger partial charge in [0.05, 0.1) is 5.56 Å². The van der Waals surface area contributed by atoms with Crippen molar-refractivity contribution >= 4 is 23.2 Å². The third kappa shape index (κ3) is 4.17. The van der Waals surface area contributed by atoms with Crippen molar-refractivity contribution in [2.45, 2.75) is 13.3 Å². The molecule has 0 aliphatic heterocycles. The Balaban J connectivity index is 1.69. The highest BCUT2D eigenvalue weighted by atomic mass is 19.1. The zero-order valence-corrected chi connectivity index (χ0v) is 13.7. The Kier molecular flexibility index (Phi) is 4.99. The molecule has 6 heteroatoms. The molecule has 5 nitrogen and oxygen atoms in total. The van der Waals surface area contributed by atoms with E-state index in [1.54, 1.807) is 12.1 Å². The van der Waals surface area contributed by atoms with Gasteiger partial charge < -0.3 is 10.6 Å². The maximum absolute atomic E-state index is 12.9. The number of carbonyl (C=O) groups excluding carboxylic acids is 1. The van der Waals surface area contributed by atoms with Crippen molar-refractivity contribution in [3.8, 4) is 0 Å². The molecule has 1 aromatic heterocycles. The summed E-state index contributed by atoms with van der Waals surface area (Å²) in [5.41, 5.74) is 2.86. The van der Waals surface area contributed by atoms with Crippen LogP contribution in [0.15, 0.2) is 60.9 Å². The van der Waals surface area contributed by atoms with Gasteiger partial charge in [-0.3, -0.25) is 4.79 Å². The number of hydrogen-bond acceptors (Lipinski definition) is 4. The first-order valence-electron chi connectivity index (χ1n) is 7.89. The first-order chi connectivity index (χ1) is 12.2. The molecule has 0 unspecified atom stereocenters. The van der Waals surface area contributed by atoms with Gasteiger partial charge in [0.15, 0.2) is 0 Å². The summed E-state index contributed by atoms with van der Waals surface area (Å²) < 4.78 is 12.9. The van der Waals surface area contributed by atoms with Crippen LogP contribution in [-0.2, 0) is 6.42 Å². The normalized spacial score (nSPS) is 10.3. The first-order valence-corrected chi connectivity index (χ1v) is 7.89. The molecule has 0 fully saturated rings. The summed E-state index contributed by atoms with van der Waals surface area (Å²) in [6.07, 6.45) is 3.72. The molecule has 2 aromatic carbocycles. The third-order valence-corrected chi connectivity index (χ3v) is 3.66. The van der Waals surface area contributed by atoms with Gasteiger partial charge in [0.1, 0.15) is 5.82 Å².